The molecule has 0 fully saturated rings. The highest BCUT2D eigenvalue weighted by Gasteiger charge is 2.11. The topological polar surface area (TPSA) is 67.8 Å². The third kappa shape index (κ3) is 3.91. The lowest BCUT2D eigenvalue weighted by Crippen LogP contribution is -2.12. The number of nitrogens with one attached hydrogen (secondary N) is 1. The number of rotatable bonds is 6. The van der Waals surface area contributed by atoms with Crippen molar-refractivity contribution in [2.45, 2.75) is 13.3 Å². The molecule has 0 heterocycles. The van der Waals surface area contributed by atoms with Gasteiger partial charge in [0.15, 0.2) is 11.5 Å². The van der Waals surface area contributed by atoms with Gasteiger partial charge in [0.2, 0.25) is 0 Å². The van der Waals surface area contributed by atoms with E-state index in [1.807, 2.05) is 6.92 Å². The zero-order valence-corrected chi connectivity index (χ0v) is 12.6. The molecule has 0 aliphatic carbocycles. The second-order valence-electron chi connectivity index (χ2n) is 4.72. The van der Waals surface area contributed by atoms with Crippen molar-refractivity contribution in [3.63, 3.8) is 0 Å². The molecule has 0 aliphatic rings. The summed E-state index contributed by atoms with van der Waals surface area (Å²) in [7, 11) is 1.53. The van der Waals surface area contributed by atoms with Crippen LogP contribution in [-0.4, -0.2) is 24.7 Å². The third-order valence-corrected chi connectivity index (χ3v) is 2.99. The minimum atomic E-state index is -0.286. The Hall–Kier alpha value is -2.69. The molecule has 5 heteroatoms. The molecule has 0 spiro atoms. The lowest BCUT2D eigenvalue weighted by atomic mass is 10.1. The van der Waals surface area contributed by atoms with Gasteiger partial charge in [-0.15, -0.1) is 0 Å². The Balaban J connectivity index is 2.15. The van der Waals surface area contributed by atoms with Gasteiger partial charge in [0.05, 0.1) is 13.7 Å². The third-order valence-electron chi connectivity index (χ3n) is 2.99. The van der Waals surface area contributed by atoms with Gasteiger partial charge in [0.1, 0.15) is 5.75 Å². The van der Waals surface area contributed by atoms with E-state index in [1.54, 1.807) is 36.4 Å². The number of amides is 1. The fourth-order valence-corrected chi connectivity index (χ4v) is 1.93. The average Bonchev–Trinajstić information content (AvgIpc) is 2.52. The van der Waals surface area contributed by atoms with Crippen molar-refractivity contribution in [2.24, 2.45) is 0 Å². The normalized spacial score (nSPS) is 10.1. The van der Waals surface area contributed by atoms with E-state index in [1.165, 1.54) is 13.2 Å². The van der Waals surface area contributed by atoms with Crippen LogP contribution >= 0.6 is 0 Å². The number of hydrogen-bond acceptors (Lipinski definition) is 4. The molecule has 0 radical (unpaired) electrons. The molecule has 2 aromatic carbocycles. The highest BCUT2D eigenvalue weighted by Crippen LogP contribution is 2.28. The summed E-state index contributed by atoms with van der Waals surface area (Å²) in [6, 6.07) is 11.4. The fraction of sp³-hybridized carbons (Fsp3) is 0.235. The average molecular weight is 301 g/mol. The molecule has 0 aliphatic heterocycles. The minimum absolute atomic E-state index is 0.0960. The van der Waals surface area contributed by atoms with Crippen molar-refractivity contribution in [2.75, 3.05) is 19.0 Å². The van der Waals surface area contributed by atoms with E-state index in [9.17, 15) is 9.90 Å². The minimum Gasteiger partial charge on any atom is -0.508 e. The zero-order valence-electron chi connectivity index (χ0n) is 12.6. The predicted octanol–water partition coefficient (Wildman–Crippen LogP) is 3.44. The van der Waals surface area contributed by atoms with Gasteiger partial charge in [0.25, 0.3) is 5.91 Å². The van der Waals surface area contributed by atoms with Gasteiger partial charge in [0, 0.05) is 17.3 Å². The lowest BCUT2D eigenvalue weighted by molar-refractivity contribution is 0.102. The van der Waals surface area contributed by atoms with Crippen molar-refractivity contribution in [3.05, 3.63) is 48.0 Å². The molecule has 0 saturated carbocycles. The van der Waals surface area contributed by atoms with Crippen LogP contribution in [0, 0.1) is 0 Å². The summed E-state index contributed by atoms with van der Waals surface area (Å²) in [6.07, 6.45) is 0.892. The summed E-state index contributed by atoms with van der Waals surface area (Å²) in [6.45, 7) is 2.61. The van der Waals surface area contributed by atoms with Crippen LogP contribution in [0.15, 0.2) is 42.5 Å². The highest BCUT2D eigenvalue weighted by molar-refractivity contribution is 6.04. The van der Waals surface area contributed by atoms with E-state index in [-0.39, 0.29) is 11.7 Å². The Morgan fingerprint density at radius 2 is 2.00 bits per heavy atom. The van der Waals surface area contributed by atoms with E-state index in [0.717, 1.165) is 6.42 Å². The van der Waals surface area contributed by atoms with Crippen LogP contribution in [0.5, 0.6) is 17.2 Å². The maximum atomic E-state index is 12.2. The van der Waals surface area contributed by atoms with Crippen molar-refractivity contribution in [1.29, 1.82) is 0 Å². The Kier molecular flexibility index (Phi) is 5.25. The monoisotopic (exact) mass is 301 g/mol. The van der Waals surface area contributed by atoms with Crippen LogP contribution in [0.4, 0.5) is 5.69 Å². The largest absolute Gasteiger partial charge is 0.508 e. The van der Waals surface area contributed by atoms with Crippen LogP contribution < -0.4 is 14.8 Å². The molecule has 1 amide bonds. The van der Waals surface area contributed by atoms with E-state index in [2.05, 4.69) is 5.32 Å². The fourth-order valence-electron chi connectivity index (χ4n) is 1.93. The summed E-state index contributed by atoms with van der Waals surface area (Å²) < 4.78 is 10.8. The van der Waals surface area contributed by atoms with Crippen molar-refractivity contribution in [1.82, 2.24) is 0 Å². The number of hydrogen-bond donors (Lipinski definition) is 2. The maximum absolute atomic E-state index is 12.2. The SMILES string of the molecule is CCCOc1ccc(C(=O)Nc2cccc(O)c2)cc1OC. The summed E-state index contributed by atoms with van der Waals surface area (Å²) in [5, 5.41) is 12.1. The summed E-state index contributed by atoms with van der Waals surface area (Å²) in [5.74, 6) is 0.930. The quantitative estimate of drug-likeness (QED) is 0.857. The van der Waals surface area contributed by atoms with Gasteiger partial charge in [-0.25, -0.2) is 0 Å². The first-order chi connectivity index (χ1) is 10.6. The number of phenols is 1. The number of phenolic OH excluding ortho intramolecular Hbond substituents is 1. The molecular weight excluding hydrogens is 282 g/mol. The molecule has 116 valence electrons. The van der Waals surface area contributed by atoms with Gasteiger partial charge in [-0.3, -0.25) is 4.79 Å². The molecule has 0 aromatic heterocycles. The number of carbonyl (C=O) groups is 1. The van der Waals surface area contributed by atoms with Crippen LogP contribution in [0.25, 0.3) is 0 Å². The Morgan fingerprint density at radius 3 is 2.68 bits per heavy atom. The molecule has 2 aromatic rings. The Morgan fingerprint density at radius 1 is 1.18 bits per heavy atom. The van der Waals surface area contributed by atoms with E-state index >= 15 is 0 Å². The molecule has 0 saturated heterocycles. The van der Waals surface area contributed by atoms with Gasteiger partial charge >= 0.3 is 0 Å². The van der Waals surface area contributed by atoms with Crippen molar-refractivity contribution < 1.29 is 19.4 Å². The van der Waals surface area contributed by atoms with Gasteiger partial charge < -0.3 is 19.9 Å². The Bertz CT molecular complexity index is 655. The second-order valence-corrected chi connectivity index (χ2v) is 4.72. The number of carbonyl (C=O) groups excluding carboxylic acids is 1. The van der Waals surface area contributed by atoms with E-state index in [4.69, 9.17) is 9.47 Å². The Labute approximate surface area is 129 Å². The number of ether oxygens (including phenoxy) is 2. The summed E-state index contributed by atoms with van der Waals surface area (Å²) in [4.78, 5) is 12.2. The maximum Gasteiger partial charge on any atom is 0.255 e. The first kappa shape index (κ1) is 15.7. The molecule has 0 unspecified atom stereocenters. The number of benzene rings is 2. The second kappa shape index (κ2) is 7.36. The van der Waals surface area contributed by atoms with Crippen LogP contribution in [-0.2, 0) is 0 Å². The van der Waals surface area contributed by atoms with Gasteiger partial charge in [-0.1, -0.05) is 13.0 Å². The van der Waals surface area contributed by atoms with Crippen LogP contribution in [0.3, 0.4) is 0 Å². The van der Waals surface area contributed by atoms with Crippen molar-refractivity contribution in [3.8, 4) is 17.2 Å². The molecule has 2 rings (SSSR count). The van der Waals surface area contributed by atoms with Crippen molar-refractivity contribution >= 4 is 11.6 Å². The van der Waals surface area contributed by atoms with E-state index < -0.39 is 0 Å². The predicted molar refractivity (Wildman–Crippen MR) is 84.8 cm³/mol. The number of aromatic hydroxyl groups is 1. The highest BCUT2D eigenvalue weighted by atomic mass is 16.5. The molecular formula is C17H19NO4. The van der Waals surface area contributed by atoms with Gasteiger partial charge in [-0.2, -0.15) is 0 Å². The first-order valence-electron chi connectivity index (χ1n) is 7.05. The van der Waals surface area contributed by atoms with E-state index in [0.29, 0.717) is 29.4 Å². The van der Waals surface area contributed by atoms with Crippen LogP contribution in [0.2, 0.25) is 0 Å². The summed E-state index contributed by atoms with van der Waals surface area (Å²) in [5.41, 5.74) is 0.972. The van der Waals surface area contributed by atoms with Gasteiger partial charge in [-0.05, 0) is 36.8 Å². The molecule has 2 N–H and O–H groups in total. The van der Waals surface area contributed by atoms with Crippen LogP contribution in [0.1, 0.15) is 23.7 Å². The zero-order chi connectivity index (χ0) is 15.9. The standard InChI is InChI=1S/C17H19NO4/c1-3-9-22-15-8-7-12(10-16(15)21-2)17(20)18-13-5-4-6-14(19)11-13/h4-8,10-11,19H,3,9H2,1-2H3,(H,18,20). The number of anilines is 1. The first-order valence-corrected chi connectivity index (χ1v) is 7.05. The lowest BCUT2D eigenvalue weighted by Gasteiger charge is -2.12. The number of methoxy groups -OCH3 is 1. The molecule has 5 nitrogen and oxygen atoms in total. The smallest absolute Gasteiger partial charge is 0.255 e. The summed E-state index contributed by atoms with van der Waals surface area (Å²) >= 11 is 0. The molecule has 0 atom stereocenters. The molecule has 0 bridgehead atoms. The molecule has 22 heavy (non-hydrogen) atoms.